The number of amides is 2. The summed E-state index contributed by atoms with van der Waals surface area (Å²) in [6.07, 6.45) is 0.170. The van der Waals surface area contributed by atoms with Crippen LogP contribution in [0.3, 0.4) is 0 Å². The Hall–Kier alpha value is -3.16. The summed E-state index contributed by atoms with van der Waals surface area (Å²) in [5.74, 6) is -0.103. The summed E-state index contributed by atoms with van der Waals surface area (Å²) in [6.45, 7) is 8.23. The van der Waals surface area contributed by atoms with E-state index in [0.29, 0.717) is 12.4 Å². The molecular weight excluding hydrogens is 356 g/mol. The summed E-state index contributed by atoms with van der Waals surface area (Å²) in [7, 11) is 0. The van der Waals surface area contributed by atoms with Gasteiger partial charge in [-0.2, -0.15) is 10.2 Å². The third-order valence-corrected chi connectivity index (χ3v) is 5.26. The minimum absolute atomic E-state index is 0.0938. The number of para-hydroxylation sites is 1. The molecule has 1 aromatic carbocycles. The van der Waals surface area contributed by atoms with E-state index >= 15 is 0 Å². The number of aromatic amines is 1. The van der Waals surface area contributed by atoms with Gasteiger partial charge in [-0.3, -0.25) is 24.3 Å². The molecule has 0 spiro atoms. The van der Waals surface area contributed by atoms with Gasteiger partial charge in [-0.15, -0.1) is 0 Å². The predicted octanol–water partition coefficient (Wildman–Crippen LogP) is 2.95. The number of fused-ring (bicyclic) bond motifs is 1. The summed E-state index contributed by atoms with van der Waals surface area (Å²) in [6, 6.07) is 7.86. The van der Waals surface area contributed by atoms with Crippen molar-refractivity contribution in [3.05, 3.63) is 35.7 Å². The minimum Gasteiger partial charge on any atom is -0.323 e. The number of carbonyl (C=O) groups is 2. The van der Waals surface area contributed by atoms with Crippen molar-refractivity contribution < 1.29 is 9.59 Å². The second-order valence-electron chi connectivity index (χ2n) is 7.57. The topological polar surface area (TPSA) is 95.9 Å². The van der Waals surface area contributed by atoms with Crippen molar-refractivity contribution in [3.63, 3.8) is 0 Å². The first-order valence-corrected chi connectivity index (χ1v) is 9.47. The molecule has 146 valence electrons. The molecule has 2 aromatic heterocycles. The number of anilines is 2. The number of carbonyl (C=O) groups excluding carboxylic acids is 2. The zero-order chi connectivity index (χ0) is 20.0. The number of benzene rings is 1. The van der Waals surface area contributed by atoms with Crippen molar-refractivity contribution in [3.8, 4) is 0 Å². The molecule has 0 bridgehead atoms. The number of H-pyrrole nitrogens is 1. The number of hydrogen-bond acceptors (Lipinski definition) is 4. The van der Waals surface area contributed by atoms with Gasteiger partial charge in [-0.25, -0.2) is 0 Å². The van der Waals surface area contributed by atoms with E-state index in [-0.39, 0.29) is 24.3 Å². The first-order chi connectivity index (χ1) is 13.4. The van der Waals surface area contributed by atoms with Gasteiger partial charge in [0.2, 0.25) is 11.8 Å². The highest BCUT2D eigenvalue weighted by atomic mass is 16.2. The fourth-order valence-electron chi connectivity index (χ4n) is 3.81. The van der Waals surface area contributed by atoms with E-state index in [1.807, 2.05) is 56.6 Å². The molecular formula is C20H24N6O2. The minimum atomic E-state index is -0.427. The van der Waals surface area contributed by atoms with Crippen molar-refractivity contribution in [1.29, 1.82) is 0 Å². The summed E-state index contributed by atoms with van der Waals surface area (Å²) in [5.41, 5.74) is 3.29. The van der Waals surface area contributed by atoms with Crippen LogP contribution >= 0.6 is 0 Å². The van der Waals surface area contributed by atoms with Gasteiger partial charge in [-0.05, 0) is 39.8 Å². The molecule has 0 aliphatic carbocycles. The maximum Gasteiger partial charge on any atom is 0.229 e. The monoisotopic (exact) mass is 380 g/mol. The van der Waals surface area contributed by atoms with E-state index in [1.165, 1.54) is 0 Å². The Morgan fingerprint density at radius 2 is 2.04 bits per heavy atom. The highest BCUT2D eigenvalue weighted by molar-refractivity contribution is 6.07. The Morgan fingerprint density at radius 1 is 1.29 bits per heavy atom. The second kappa shape index (κ2) is 6.78. The number of hydrogen-bond donors (Lipinski definition) is 2. The van der Waals surface area contributed by atoms with Crippen LogP contribution < -0.4 is 10.2 Å². The molecule has 3 heterocycles. The van der Waals surface area contributed by atoms with Gasteiger partial charge in [0, 0.05) is 24.4 Å². The number of aryl methyl sites for hydroxylation is 1. The van der Waals surface area contributed by atoms with E-state index < -0.39 is 5.92 Å². The molecule has 1 aliphatic rings. The molecule has 8 heteroatoms. The second-order valence-corrected chi connectivity index (χ2v) is 7.57. The molecule has 2 amide bonds. The summed E-state index contributed by atoms with van der Waals surface area (Å²) >= 11 is 0. The highest BCUT2D eigenvalue weighted by Crippen LogP contribution is 2.31. The Morgan fingerprint density at radius 3 is 2.75 bits per heavy atom. The van der Waals surface area contributed by atoms with Crippen LogP contribution in [-0.2, 0) is 9.59 Å². The third kappa shape index (κ3) is 2.94. The maximum absolute atomic E-state index is 12.9. The molecule has 1 atom stereocenters. The van der Waals surface area contributed by atoms with E-state index in [9.17, 15) is 9.59 Å². The van der Waals surface area contributed by atoms with Crippen LogP contribution in [-0.4, -0.2) is 38.3 Å². The third-order valence-electron chi connectivity index (χ3n) is 5.26. The largest absolute Gasteiger partial charge is 0.323 e. The lowest BCUT2D eigenvalue weighted by atomic mass is 10.1. The van der Waals surface area contributed by atoms with Crippen molar-refractivity contribution in [2.45, 2.75) is 40.2 Å². The van der Waals surface area contributed by atoms with Crippen molar-refractivity contribution in [2.24, 2.45) is 5.92 Å². The standard InChI is InChI=1S/C20H24N6O2/c1-11(2)26-13(4)18(12(3)24-26)21-20(28)14-9-17(27)25(10-14)19-15-7-5-6-8-16(15)22-23-19/h5-8,11,14H,9-10H2,1-4H3,(H,21,28)(H,22,23)/t14-/m0/s1. The number of rotatable bonds is 4. The van der Waals surface area contributed by atoms with Crippen molar-refractivity contribution in [2.75, 3.05) is 16.8 Å². The summed E-state index contributed by atoms with van der Waals surface area (Å²) < 4.78 is 1.90. The smallest absolute Gasteiger partial charge is 0.229 e. The van der Waals surface area contributed by atoms with Crippen LogP contribution in [0.4, 0.5) is 11.5 Å². The fraction of sp³-hybridized carbons (Fsp3) is 0.400. The molecule has 0 radical (unpaired) electrons. The molecule has 1 fully saturated rings. The summed E-state index contributed by atoms with van der Waals surface area (Å²) in [4.78, 5) is 27.1. The molecule has 3 aromatic rings. The van der Waals surface area contributed by atoms with Gasteiger partial charge in [0.05, 0.1) is 28.5 Å². The molecule has 28 heavy (non-hydrogen) atoms. The van der Waals surface area contributed by atoms with Crippen LogP contribution in [0.2, 0.25) is 0 Å². The Balaban J connectivity index is 1.54. The molecule has 0 unspecified atom stereocenters. The van der Waals surface area contributed by atoms with Crippen LogP contribution in [0, 0.1) is 19.8 Å². The molecule has 1 aliphatic heterocycles. The van der Waals surface area contributed by atoms with Crippen molar-refractivity contribution >= 4 is 34.2 Å². The van der Waals surface area contributed by atoms with Crippen LogP contribution in [0.25, 0.3) is 10.9 Å². The summed E-state index contributed by atoms with van der Waals surface area (Å²) in [5, 5.41) is 15.6. The molecule has 8 nitrogen and oxygen atoms in total. The maximum atomic E-state index is 12.9. The van der Waals surface area contributed by atoms with Crippen LogP contribution in [0.15, 0.2) is 24.3 Å². The van der Waals surface area contributed by atoms with Crippen LogP contribution in [0.5, 0.6) is 0 Å². The SMILES string of the molecule is Cc1nn(C(C)C)c(C)c1NC(=O)[C@H]1CC(=O)N(c2n[nH]c3ccccc23)C1. The van der Waals surface area contributed by atoms with Gasteiger partial charge < -0.3 is 5.32 Å². The number of nitrogens with zero attached hydrogens (tertiary/aromatic N) is 4. The molecule has 1 saturated heterocycles. The van der Waals surface area contributed by atoms with Gasteiger partial charge >= 0.3 is 0 Å². The Bertz CT molecular complexity index is 1060. The van der Waals surface area contributed by atoms with Gasteiger partial charge in [0.15, 0.2) is 5.82 Å². The highest BCUT2D eigenvalue weighted by Gasteiger charge is 2.37. The first kappa shape index (κ1) is 18.2. The average Bonchev–Trinajstić information content (AvgIpc) is 3.33. The quantitative estimate of drug-likeness (QED) is 0.727. The lowest BCUT2D eigenvalue weighted by Crippen LogP contribution is -2.28. The Kier molecular flexibility index (Phi) is 4.41. The van der Waals surface area contributed by atoms with Gasteiger partial charge in [0.25, 0.3) is 0 Å². The predicted molar refractivity (Wildman–Crippen MR) is 107 cm³/mol. The zero-order valence-corrected chi connectivity index (χ0v) is 16.5. The van der Waals surface area contributed by atoms with E-state index in [2.05, 4.69) is 20.6 Å². The lowest BCUT2D eigenvalue weighted by molar-refractivity contribution is -0.122. The fourth-order valence-corrected chi connectivity index (χ4v) is 3.81. The molecule has 4 rings (SSSR count). The Labute approximate surface area is 162 Å². The van der Waals surface area contributed by atoms with Gasteiger partial charge in [0.1, 0.15) is 0 Å². The van der Waals surface area contributed by atoms with Gasteiger partial charge in [-0.1, -0.05) is 12.1 Å². The number of nitrogens with one attached hydrogen (secondary N) is 2. The van der Waals surface area contributed by atoms with E-state index in [0.717, 1.165) is 28.0 Å². The van der Waals surface area contributed by atoms with E-state index in [4.69, 9.17) is 0 Å². The molecule has 2 N–H and O–H groups in total. The molecule has 0 saturated carbocycles. The first-order valence-electron chi connectivity index (χ1n) is 9.47. The number of aromatic nitrogens is 4. The normalized spacial score (nSPS) is 17.1. The van der Waals surface area contributed by atoms with Crippen LogP contribution in [0.1, 0.15) is 37.7 Å². The average molecular weight is 380 g/mol. The lowest BCUT2D eigenvalue weighted by Gasteiger charge is -2.14. The van der Waals surface area contributed by atoms with Crippen molar-refractivity contribution in [1.82, 2.24) is 20.0 Å². The zero-order valence-electron chi connectivity index (χ0n) is 16.5. The van der Waals surface area contributed by atoms with E-state index in [1.54, 1.807) is 4.90 Å².